The maximum absolute atomic E-state index is 5.99. The van der Waals surface area contributed by atoms with Crippen LogP contribution in [0, 0.1) is 13.8 Å². The molecule has 0 spiro atoms. The molecule has 0 amide bonds. The molecule has 8 nitrogen and oxygen atoms in total. The molecule has 4 rings (SSSR count). The monoisotopic (exact) mass is 340 g/mol. The summed E-state index contributed by atoms with van der Waals surface area (Å²) in [7, 11) is 0. The summed E-state index contributed by atoms with van der Waals surface area (Å²) < 4.78 is 13.1. The molecule has 25 heavy (non-hydrogen) atoms. The summed E-state index contributed by atoms with van der Waals surface area (Å²) in [6, 6.07) is 3.87. The van der Waals surface area contributed by atoms with Gasteiger partial charge in [-0.25, -0.2) is 4.68 Å². The van der Waals surface area contributed by atoms with E-state index in [0.29, 0.717) is 19.7 Å². The Morgan fingerprint density at radius 3 is 2.88 bits per heavy atom. The van der Waals surface area contributed by atoms with Gasteiger partial charge in [0.25, 0.3) is 0 Å². The minimum atomic E-state index is 0.0555. The van der Waals surface area contributed by atoms with Gasteiger partial charge in [0, 0.05) is 36.6 Å². The molecule has 0 radical (unpaired) electrons. The number of nitrogens with zero attached hydrogens (tertiary/aromatic N) is 5. The van der Waals surface area contributed by atoms with Crippen molar-refractivity contribution in [3.8, 4) is 11.3 Å². The summed E-state index contributed by atoms with van der Waals surface area (Å²) in [5, 5.41) is 16.0. The molecule has 0 saturated carbocycles. The van der Waals surface area contributed by atoms with Crippen LogP contribution in [0.2, 0.25) is 0 Å². The van der Waals surface area contributed by atoms with Crippen LogP contribution in [0.1, 0.15) is 22.7 Å². The minimum Gasteiger partial charge on any atom is -0.369 e. The van der Waals surface area contributed by atoms with Crippen LogP contribution in [0.4, 0.5) is 0 Å². The number of ether oxygens (including phenoxy) is 1. The van der Waals surface area contributed by atoms with Crippen LogP contribution in [-0.4, -0.2) is 37.8 Å². The molecule has 0 saturated heterocycles. The molecule has 0 aliphatic carbocycles. The van der Waals surface area contributed by atoms with Crippen molar-refractivity contribution in [3.63, 3.8) is 0 Å². The fourth-order valence-corrected chi connectivity index (χ4v) is 3.03. The second kappa shape index (κ2) is 6.73. The molecule has 1 atom stereocenters. The van der Waals surface area contributed by atoms with E-state index < -0.39 is 0 Å². The lowest BCUT2D eigenvalue weighted by Gasteiger charge is -2.24. The van der Waals surface area contributed by atoms with E-state index in [1.54, 1.807) is 12.4 Å². The summed E-state index contributed by atoms with van der Waals surface area (Å²) in [6.45, 7) is 6.51. The lowest BCUT2D eigenvalue weighted by atomic mass is 10.1. The highest BCUT2D eigenvalue weighted by atomic mass is 16.5. The van der Waals surface area contributed by atoms with E-state index in [-0.39, 0.29) is 6.10 Å². The number of aryl methyl sites for hydroxylation is 2. The highest BCUT2D eigenvalue weighted by Crippen LogP contribution is 2.24. The summed E-state index contributed by atoms with van der Waals surface area (Å²) >= 11 is 0. The Balaban J connectivity index is 1.38. The fourth-order valence-electron chi connectivity index (χ4n) is 3.03. The van der Waals surface area contributed by atoms with Crippen LogP contribution >= 0.6 is 0 Å². The van der Waals surface area contributed by atoms with Crippen molar-refractivity contribution in [2.45, 2.75) is 39.6 Å². The van der Waals surface area contributed by atoms with Crippen LogP contribution in [0.3, 0.4) is 0 Å². The Morgan fingerprint density at radius 1 is 1.28 bits per heavy atom. The molecule has 1 aliphatic heterocycles. The molecule has 4 heterocycles. The van der Waals surface area contributed by atoms with Crippen LogP contribution in [0.5, 0.6) is 0 Å². The van der Waals surface area contributed by atoms with Gasteiger partial charge in [-0.05, 0) is 26.0 Å². The molecule has 3 aromatic heterocycles. The Morgan fingerprint density at radius 2 is 2.12 bits per heavy atom. The van der Waals surface area contributed by atoms with Crippen molar-refractivity contribution in [1.29, 1.82) is 0 Å². The number of pyridine rings is 1. The normalized spacial score (nSPS) is 16.8. The summed E-state index contributed by atoms with van der Waals surface area (Å²) in [5.41, 5.74) is 4.92. The van der Waals surface area contributed by atoms with E-state index in [9.17, 15) is 0 Å². The Labute approximate surface area is 145 Å². The van der Waals surface area contributed by atoms with Gasteiger partial charge in [0.2, 0.25) is 0 Å². The molecule has 130 valence electrons. The first kappa shape index (κ1) is 15.9. The maximum atomic E-state index is 5.99. The summed E-state index contributed by atoms with van der Waals surface area (Å²) in [6.07, 6.45) is 3.57. The predicted molar refractivity (Wildman–Crippen MR) is 89.5 cm³/mol. The second-order valence-electron chi connectivity index (χ2n) is 6.17. The zero-order valence-electron chi connectivity index (χ0n) is 14.3. The lowest BCUT2D eigenvalue weighted by Crippen LogP contribution is -2.36. The molecule has 0 fully saturated rings. The first-order chi connectivity index (χ1) is 12.2. The Kier molecular flexibility index (Phi) is 4.29. The minimum absolute atomic E-state index is 0.0555. The molecule has 1 unspecified atom stereocenters. The van der Waals surface area contributed by atoms with E-state index in [2.05, 4.69) is 25.8 Å². The second-order valence-corrected chi connectivity index (χ2v) is 6.17. The van der Waals surface area contributed by atoms with E-state index in [1.165, 1.54) is 0 Å². The van der Waals surface area contributed by atoms with Gasteiger partial charge < -0.3 is 14.6 Å². The lowest BCUT2D eigenvalue weighted by molar-refractivity contribution is 0.00123. The molecule has 1 N–H and O–H groups in total. The largest absolute Gasteiger partial charge is 0.369 e. The van der Waals surface area contributed by atoms with Crippen LogP contribution < -0.4 is 5.32 Å². The number of rotatable bonds is 5. The third-order valence-electron chi connectivity index (χ3n) is 4.48. The predicted octanol–water partition coefficient (Wildman–Crippen LogP) is 1.63. The number of hydrogen-bond donors (Lipinski definition) is 1. The summed E-state index contributed by atoms with van der Waals surface area (Å²) in [5.74, 6) is 0.857. The number of hydrogen-bond acceptors (Lipinski definition) is 7. The van der Waals surface area contributed by atoms with Crippen LogP contribution in [0.25, 0.3) is 11.3 Å². The molecule has 1 aliphatic rings. The van der Waals surface area contributed by atoms with Crippen molar-refractivity contribution in [2.24, 2.45) is 0 Å². The SMILES string of the molecule is Cc1noc(C)c1CNCC1Cn2nnc(-c3ccncc3)c2CO1. The van der Waals surface area contributed by atoms with Crippen molar-refractivity contribution in [3.05, 3.63) is 47.2 Å². The van der Waals surface area contributed by atoms with Gasteiger partial charge in [-0.1, -0.05) is 10.4 Å². The van der Waals surface area contributed by atoms with Gasteiger partial charge in [-0.3, -0.25) is 4.98 Å². The van der Waals surface area contributed by atoms with Gasteiger partial charge in [-0.2, -0.15) is 0 Å². The van der Waals surface area contributed by atoms with E-state index in [1.807, 2.05) is 30.7 Å². The highest BCUT2D eigenvalue weighted by molar-refractivity contribution is 5.60. The molecule has 0 bridgehead atoms. The van der Waals surface area contributed by atoms with Crippen molar-refractivity contribution < 1.29 is 9.26 Å². The van der Waals surface area contributed by atoms with Gasteiger partial charge in [0.15, 0.2) is 0 Å². The highest BCUT2D eigenvalue weighted by Gasteiger charge is 2.24. The van der Waals surface area contributed by atoms with Crippen LogP contribution in [-0.2, 0) is 24.4 Å². The molecular formula is C17H20N6O2. The first-order valence-electron chi connectivity index (χ1n) is 8.29. The van der Waals surface area contributed by atoms with E-state index in [4.69, 9.17) is 9.26 Å². The average molecular weight is 340 g/mol. The average Bonchev–Trinajstić information content (AvgIpc) is 3.20. The van der Waals surface area contributed by atoms with Gasteiger partial charge in [-0.15, -0.1) is 5.10 Å². The van der Waals surface area contributed by atoms with Crippen molar-refractivity contribution in [1.82, 2.24) is 30.5 Å². The quantitative estimate of drug-likeness (QED) is 0.755. The van der Waals surface area contributed by atoms with Crippen molar-refractivity contribution >= 4 is 0 Å². The third-order valence-corrected chi connectivity index (χ3v) is 4.48. The topological polar surface area (TPSA) is 90.9 Å². The fraction of sp³-hybridized carbons (Fsp3) is 0.412. The maximum Gasteiger partial charge on any atom is 0.138 e. The smallest absolute Gasteiger partial charge is 0.138 e. The zero-order valence-corrected chi connectivity index (χ0v) is 14.3. The van der Waals surface area contributed by atoms with E-state index >= 15 is 0 Å². The number of nitrogens with one attached hydrogen (secondary N) is 1. The molecule has 0 aromatic carbocycles. The molecule has 3 aromatic rings. The van der Waals surface area contributed by atoms with Gasteiger partial charge in [0.1, 0.15) is 11.5 Å². The number of aromatic nitrogens is 5. The first-order valence-corrected chi connectivity index (χ1v) is 8.29. The molecule has 8 heteroatoms. The number of fused-ring (bicyclic) bond motifs is 1. The summed E-state index contributed by atoms with van der Waals surface area (Å²) in [4.78, 5) is 4.04. The Bertz CT molecular complexity index is 838. The van der Waals surface area contributed by atoms with Crippen LogP contribution in [0.15, 0.2) is 29.0 Å². The standard InChI is InChI=1S/C17H20N6O2/c1-11-15(12(2)25-21-11)8-19-7-14-9-23-16(10-24-14)17(20-22-23)13-3-5-18-6-4-13/h3-6,14,19H,7-10H2,1-2H3. The Hall–Kier alpha value is -2.58. The van der Waals surface area contributed by atoms with Crippen molar-refractivity contribution in [2.75, 3.05) is 6.54 Å². The zero-order chi connectivity index (χ0) is 17.2. The third kappa shape index (κ3) is 3.18. The van der Waals surface area contributed by atoms with E-state index in [0.717, 1.165) is 40.5 Å². The van der Waals surface area contributed by atoms with Gasteiger partial charge >= 0.3 is 0 Å². The van der Waals surface area contributed by atoms with Gasteiger partial charge in [0.05, 0.1) is 30.6 Å². The molecular weight excluding hydrogens is 320 g/mol.